The molecule has 31 heavy (non-hydrogen) atoms. The van der Waals surface area contributed by atoms with Crippen LogP contribution in [0.3, 0.4) is 0 Å². The zero-order chi connectivity index (χ0) is 22.4. The fourth-order valence-corrected chi connectivity index (χ4v) is 3.78. The Morgan fingerprint density at radius 3 is 2.32 bits per heavy atom. The molecule has 0 bridgehead atoms. The molecular weight excluding hydrogens is 388 g/mol. The van der Waals surface area contributed by atoms with Crippen molar-refractivity contribution in [2.45, 2.75) is 33.2 Å². The Labute approximate surface area is 185 Å². The molecule has 3 rings (SSSR count). The SMILES string of the molecule is CCC(C)C(NC(=O)c1ccccc1)C(=O)Nc1ccc(N2CCN(C)CC2)cc1C. The van der Waals surface area contributed by atoms with Crippen molar-refractivity contribution in [1.29, 1.82) is 0 Å². The molecule has 0 saturated carbocycles. The summed E-state index contributed by atoms with van der Waals surface area (Å²) >= 11 is 0. The van der Waals surface area contributed by atoms with Crippen molar-refractivity contribution < 1.29 is 9.59 Å². The molecule has 6 heteroatoms. The van der Waals surface area contributed by atoms with E-state index in [9.17, 15) is 9.59 Å². The summed E-state index contributed by atoms with van der Waals surface area (Å²) in [5.74, 6) is -0.408. The predicted octanol–water partition coefficient (Wildman–Crippen LogP) is 3.53. The lowest BCUT2D eigenvalue weighted by Crippen LogP contribution is -2.47. The molecular formula is C25H34N4O2. The Hall–Kier alpha value is -2.86. The van der Waals surface area contributed by atoms with Crippen molar-refractivity contribution in [3.05, 3.63) is 59.7 Å². The Morgan fingerprint density at radius 2 is 1.71 bits per heavy atom. The lowest BCUT2D eigenvalue weighted by Gasteiger charge is -2.34. The summed E-state index contributed by atoms with van der Waals surface area (Å²) in [5.41, 5.74) is 3.53. The number of piperazine rings is 1. The van der Waals surface area contributed by atoms with Gasteiger partial charge in [-0.1, -0.05) is 38.5 Å². The third-order valence-corrected chi connectivity index (χ3v) is 6.15. The van der Waals surface area contributed by atoms with Crippen LogP contribution in [0.5, 0.6) is 0 Å². The van der Waals surface area contributed by atoms with E-state index >= 15 is 0 Å². The fraction of sp³-hybridized carbons (Fsp3) is 0.440. The molecule has 1 fully saturated rings. The van der Waals surface area contributed by atoms with Gasteiger partial charge >= 0.3 is 0 Å². The number of benzene rings is 2. The first-order valence-electron chi connectivity index (χ1n) is 11.1. The van der Waals surface area contributed by atoms with Crippen LogP contribution in [-0.4, -0.2) is 56.0 Å². The number of hydrogen-bond acceptors (Lipinski definition) is 4. The normalized spacial score (nSPS) is 16.5. The number of nitrogens with zero attached hydrogens (tertiary/aromatic N) is 2. The minimum atomic E-state index is -0.602. The number of rotatable bonds is 7. The highest BCUT2D eigenvalue weighted by molar-refractivity contribution is 6.01. The largest absolute Gasteiger partial charge is 0.369 e. The van der Waals surface area contributed by atoms with Gasteiger partial charge in [-0.3, -0.25) is 9.59 Å². The number of nitrogens with one attached hydrogen (secondary N) is 2. The van der Waals surface area contributed by atoms with Gasteiger partial charge in [0.1, 0.15) is 6.04 Å². The molecule has 0 aromatic heterocycles. The molecule has 2 amide bonds. The maximum absolute atomic E-state index is 13.1. The van der Waals surface area contributed by atoms with E-state index in [2.05, 4.69) is 39.6 Å². The first-order chi connectivity index (χ1) is 14.9. The Kier molecular flexibility index (Phi) is 7.69. The summed E-state index contributed by atoms with van der Waals surface area (Å²) in [6, 6.07) is 14.6. The molecule has 2 N–H and O–H groups in total. The van der Waals surface area contributed by atoms with Crippen molar-refractivity contribution in [3.63, 3.8) is 0 Å². The second-order valence-electron chi connectivity index (χ2n) is 8.48. The minimum absolute atomic E-state index is 0.0116. The van der Waals surface area contributed by atoms with E-state index in [0.29, 0.717) is 5.56 Å². The van der Waals surface area contributed by atoms with E-state index in [1.807, 2.05) is 45.0 Å². The number of carbonyl (C=O) groups is 2. The average Bonchev–Trinajstić information content (AvgIpc) is 2.79. The van der Waals surface area contributed by atoms with Crippen LogP contribution in [0.4, 0.5) is 11.4 Å². The van der Waals surface area contributed by atoms with Gasteiger partial charge in [-0.2, -0.15) is 0 Å². The fourth-order valence-electron chi connectivity index (χ4n) is 3.78. The van der Waals surface area contributed by atoms with Gasteiger partial charge in [0.25, 0.3) is 5.91 Å². The van der Waals surface area contributed by atoms with E-state index in [1.165, 1.54) is 5.69 Å². The van der Waals surface area contributed by atoms with Crippen LogP contribution >= 0.6 is 0 Å². The molecule has 2 aromatic rings. The first-order valence-corrected chi connectivity index (χ1v) is 11.1. The van der Waals surface area contributed by atoms with Gasteiger partial charge in [0, 0.05) is 43.1 Å². The Bertz CT molecular complexity index is 892. The quantitative estimate of drug-likeness (QED) is 0.717. The maximum Gasteiger partial charge on any atom is 0.251 e. The van der Waals surface area contributed by atoms with Gasteiger partial charge < -0.3 is 20.4 Å². The zero-order valence-electron chi connectivity index (χ0n) is 19.0. The van der Waals surface area contributed by atoms with Crippen LogP contribution in [-0.2, 0) is 4.79 Å². The molecule has 2 unspecified atom stereocenters. The maximum atomic E-state index is 13.1. The van der Waals surface area contributed by atoms with Gasteiger partial charge in [-0.25, -0.2) is 0 Å². The van der Waals surface area contributed by atoms with Crippen LogP contribution in [0.25, 0.3) is 0 Å². The number of anilines is 2. The molecule has 1 heterocycles. The molecule has 0 spiro atoms. The number of carbonyl (C=O) groups excluding carboxylic acids is 2. The molecule has 0 radical (unpaired) electrons. The third-order valence-electron chi connectivity index (χ3n) is 6.15. The number of likely N-dealkylation sites (N-methyl/N-ethyl adjacent to an activating group) is 1. The first kappa shape index (κ1) is 22.8. The molecule has 166 valence electrons. The van der Waals surface area contributed by atoms with E-state index in [4.69, 9.17) is 0 Å². The van der Waals surface area contributed by atoms with Crippen LogP contribution in [0.15, 0.2) is 48.5 Å². The summed E-state index contributed by atoms with van der Waals surface area (Å²) in [6.07, 6.45) is 0.786. The van der Waals surface area contributed by atoms with Gasteiger partial charge in [0.05, 0.1) is 0 Å². The summed E-state index contributed by atoms with van der Waals surface area (Å²) in [7, 11) is 2.14. The van der Waals surface area contributed by atoms with Crippen molar-refractivity contribution >= 4 is 23.2 Å². The monoisotopic (exact) mass is 422 g/mol. The van der Waals surface area contributed by atoms with Crippen molar-refractivity contribution in [3.8, 4) is 0 Å². The van der Waals surface area contributed by atoms with E-state index in [-0.39, 0.29) is 17.7 Å². The van der Waals surface area contributed by atoms with Crippen LogP contribution < -0.4 is 15.5 Å². The van der Waals surface area contributed by atoms with E-state index in [0.717, 1.165) is 43.9 Å². The average molecular weight is 423 g/mol. The highest BCUT2D eigenvalue weighted by Crippen LogP contribution is 2.24. The van der Waals surface area contributed by atoms with Gasteiger partial charge in [0.2, 0.25) is 5.91 Å². The summed E-state index contributed by atoms with van der Waals surface area (Å²) in [4.78, 5) is 30.5. The molecule has 1 aliphatic heterocycles. The number of aryl methyl sites for hydroxylation is 1. The molecule has 6 nitrogen and oxygen atoms in total. The smallest absolute Gasteiger partial charge is 0.251 e. The lowest BCUT2D eigenvalue weighted by atomic mass is 9.97. The van der Waals surface area contributed by atoms with Crippen LogP contribution in [0.1, 0.15) is 36.2 Å². The number of hydrogen-bond donors (Lipinski definition) is 2. The second-order valence-corrected chi connectivity index (χ2v) is 8.48. The van der Waals surface area contributed by atoms with Gasteiger partial charge in [0.15, 0.2) is 0 Å². The number of amides is 2. The minimum Gasteiger partial charge on any atom is -0.369 e. The van der Waals surface area contributed by atoms with Crippen LogP contribution in [0.2, 0.25) is 0 Å². The summed E-state index contributed by atoms with van der Waals surface area (Å²) in [6.45, 7) is 10.1. The van der Waals surface area contributed by atoms with E-state index in [1.54, 1.807) is 12.1 Å². The summed E-state index contributed by atoms with van der Waals surface area (Å²) in [5, 5.41) is 5.97. The second kappa shape index (κ2) is 10.4. The molecule has 2 aromatic carbocycles. The summed E-state index contributed by atoms with van der Waals surface area (Å²) < 4.78 is 0. The van der Waals surface area contributed by atoms with Crippen LogP contribution in [0, 0.1) is 12.8 Å². The third kappa shape index (κ3) is 5.85. The van der Waals surface area contributed by atoms with Gasteiger partial charge in [-0.05, 0) is 55.8 Å². The molecule has 2 atom stereocenters. The van der Waals surface area contributed by atoms with E-state index < -0.39 is 6.04 Å². The van der Waals surface area contributed by atoms with Crippen molar-refractivity contribution in [2.24, 2.45) is 5.92 Å². The molecule has 1 aliphatic rings. The zero-order valence-corrected chi connectivity index (χ0v) is 19.0. The standard InChI is InChI=1S/C25H34N4O2/c1-5-18(2)23(27-24(30)20-9-7-6-8-10-20)25(31)26-22-12-11-21(17-19(22)3)29-15-13-28(4)14-16-29/h6-12,17-18,23H,5,13-16H2,1-4H3,(H,26,31)(H,27,30). The van der Waals surface area contributed by atoms with Crippen molar-refractivity contribution in [2.75, 3.05) is 43.4 Å². The van der Waals surface area contributed by atoms with Gasteiger partial charge in [-0.15, -0.1) is 0 Å². The lowest BCUT2D eigenvalue weighted by molar-refractivity contribution is -0.119. The highest BCUT2D eigenvalue weighted by atomic mass is 16.2. The predicted molar refractivity (Wildman–Crippen MR) is 127 cm³/mol. The highest BCUT2D eigenvalue weighted by Gasteiger charge is 2.27. The topological polar surface area (TPSA) is 64.7 Å². The molecule has 1 saturated heterocycles. The molecule has 0 aliphatic carbocycles. The Morgan fingerprint density at radius 1 is 1.03 bits per heavy atom. The Balaban J connectivity index is 1.70. The van der Waals surface area contributed by atoms with Crippen molar-refractivity contribution in [1.82, 2.24) is 10.2 Å².